The molecule has 1 rings (SSSR count). The van der Waals surface area contributed by atoms with E-state index >= 15 is 0 Å². The van der Waals surface area contributed by atoms with E-state index in [1.54, 1.807) is 12.1 Å². The van der Waals surface area contributed by atoms with Crippen LogP contribution in [0.5, 0.6) is 0 Å². The summed E-state index contributed by atoms with van der Waals surface area (Å²) in [6.07, 6.45) is 6.24. The molecule has 62 valence electrons. The minimum atomic E-state index is 0.651. The molecule has 0 saturated heterocycles. The fourth-order valence-electron chi connectivity index (χ4n) is 0.661. The minimum Gasteiger partial charge on any atom is -0.429 e. The summed E-state index contributed by atoms with van der Waals surface area (Å²) >= 11 is 0. The van der Waals surface area contributed by atoms with Crippen LogP contribution in [-0.2, 0) is 4.79 Å². The van der Waals surface area contributed by atoms with Gasteiger partial charge in [0, 0.05) is 18.6 Å². The quantitative estimate of drug-likeness (QED) is 0.389. The van der Waals surface area contributed by atoms with E-state index in [0.717, 1.165) is 4.73 Å². The number of pyridine rings is 1. The first-order valence-corrected chi connectivity index (χ1v) is 3.34. The third kappa shape index (κ3) is 2.42. The second kappa shape index (κ2) is 4.12. The predicted molar refractivity (Wildman–Crippen MR) is 42.4 cm³/mol. The molecule has 0 fully saturated rings. The Morgan fingerprint density at radius 2 is 2.08 bits per heavy atom. The van der Waals surface area contributed by atoms with Gasteiger partial charge < -0.3 is 5.21 Å². The molecule has 0 saturated carbocycles. The number of carbonyl (C=O) groups excluding carboxylic acids is 1. The van der Waals surface area contributed by atoms with Gasteiger partial charge in [-0.15, -0.1) is 0 Å². The van der Waals surface area contributed by atoms with E-state index in [-0.39, 0.29) is 0 Å². The highest BCUT2D eigenvalue weighted by Gasteiger charge is 1.78. The van der Waals surface area contributed by atoms with Gasteiger partial charge in [0.15, 0.2) is 0 Å². The fraction of sp³-hybridized carbons (Fsp3) is 0. The second-order valence-electron chi connectivity index (χ2n) is 2.04. The molecule has 0 spiro atoms. The van der Waals surface area contributed by atoms with Crippen LogP contribution >= 0.6 is 0 Å². The van der Waals surface area contributed by atoms with Gasteiger partial charge in [-0.1, -0.05) is 0 Å². The molecule has 0 atom stereocenters. The van der Waals surface area contributed by atoms with Crippen molar-refractivity contribution in [2.24, 2.45) is 4.99 Å². The Morgan fingerprint density at radius 3 is 2.67 bits per heavy atom. The molecule has 1 aromatic heterocycles. The largest absolute Gasteiger partial charge is 0.429 e. The molecule has 4 nitrogen and oxygen atoms in total. The minimum absolute atomic E-state index is 0.651. The Balaban J connectivity index is 2.88. The maximum atomic E-state index is 9.86. The molecule has 4 heteroatoms. The molecule has 0 radical (unpaired) electrons. The highest BCUT2D eigenvalue weighted by atomic mass is 16.5. The number of nitrogens with zero attached hydrogens (tertiary/aromatic N) is 2. The third-order valence-corrected chi connectivity index (χ3v) is 1.18. The summed E-state index contributed by atoms with van der Waals surface area (Å²) < 4.78 is 0.919. The topological polar surface area (TPSA) is 54.6 Å². The molecule has 0 aliphatic heterocycles. The van der Waals surface area contributed by atoms with E-state index in [4.69, 9.17) is 5.21 Å². The lowest BCUT2D eigenvalue weighted by Gasteiger charge is -1.91. The SMILES string of the molecule is O=C/C=C\N=c1ccn(O)cc1. The van der Waals surface area contributed by atoms with Crippen LogP contribution in [0.4, 0.5) is 0 Å². The fourth-order valence-corrected chi connectivity index (χ4v) is 0.661. The van der Waals surface area contributed by atoms with Gasteiger partial charge in [0.2, 0.25) is 0 Å². The Morgan fingerprint density at radius 1 is 1.42 bits per heavy atom. The summed E-state index contributed by atoms with van der Waals surface area (Å²) in [6.45, 7) is 0. The van der Waals surface area contributed by atoms with Crippen LogP contribution in [0.25, 0.3) is 0 Å². The molecule has 0 aliphatic carbocycles. The molecule has 1 N–H and O–H groups in total. The molecular formula is C8H8N2O2. The average Bonchev–Trinajstić information content (AvgIpc) is 2.09. The van der Waals surface area contributed by atoms with Crippen LogP contribution in [-0.4, -0.2) is 16.2 Å². The normalized spacial score (nSPS) is 10.0. The first kappa shape index (κ1) is 8.26. The van der Waals surface area contributed by atoms with Crippen molar-refractivity contribution in [3.05, 3.63) is 42.2 Å². The van der Waals surface area contributed by atoms with Crippen LogP contribution in [0.2, 0.25) is 0 Å². The van der Waals surface area contributed by atoms with Crippen molar-refractivity contribution in [3.63, 3.8) is 0 Å². The summed E-state index contributed by atoms with van der Waals surface area (Å²) in [5.74, 6) is 0. The number of hydrogen-bond acceptors (Lipinski definition) is 3. The number of aromatic nitrogens is 1. The molecule has 12 heavy (non-hydrogen) atoms. The molecule has 1 aromatic rings. The summed E-state index contributed by atoms with van der Waals surface area (Å²) in [4.78, 5) is 13.8. The monoisotopic (exact) mass is 164 g/mol. The molecule has 0 unspecified atom stereocenters. The predicted octanol–water partition coefficient (Wildman–Crippen LogP) is 0.339. The van der Waals surface area contributed by atoms with Gasteiger partial charge in [-0.3, -0.25) is 9.79 Å². The number of hydrogen-bond donors (Lipinski definition) is 1. The number of allylic oxidation sites excluding steroid dienone is 1. The van der Waals surface area contributed by atoms with Gasteiger partial charge in [0.05, 0.1) is 5.36 Å². The zero-order valence-electron chi connectivity index (χ0n) is 6.29. The maximum absolute atomic E-state index is 9.86. The molecule has 0 bridgehead atoms. The highest BCUT2D eigenvalue weighted by molar-refractivity contribution is 5.64. The lowest BCUT2D eigenvalue weighted by Crippen LogP contribution is -2.01. The van der Waals surface area contributed by atoms with E-state index in [2.05, 4.69) is 4.99 Å². The Hall–Kier alpha value is -1.84. The van der Waals surface area contributed by atoms with Gasteiger partial charge in [-0.05, 0) is 18.2 Å². The molecule has 0 amide bonds. The zero-order valence-corrected chi connectivity index (χ0v) is 6.29. The zero-order chi connectivity index (χ0) is 8.81. The van der Waals surface area contributed by atoms with Crippen molar-refractivity contribution in [2.75, 3.05) is 0 Å². The number of aldehydes is 1. The van der Waals surface area contributed by atoms with Crippen molar-refractivity contribution in [2.45, 2.75) is 0 Å². The van der Waals surface area contributed by atoms with Gasteiger partial charge in [0.25, 0.3) is 0 Å². The smallest absolute Gasteiger partial charge is 0.144 e. The van der Waals surface area contributed by atoms with E-state index in [1.807, 2.05) is 0 Å². The summed E-state index contributed by atoms with van der Waals surface area (Å²) in [5.41, 5.74) is 0. The summed E-state index contributed by atoms with van der Waals surface area (Å²) in [6, 6.07) is 3.24. The van der Waals surface area contributed by atoms with Crippen LogP contribution in [0, 0.1) is 0 Å². The van der Waals surface area contributed by atoms with Crippen LogP contribution < -0.4 is 5.36 Å². The van der Waals surface area contributed by atoms with Crippen LogP contribution in [0.15, 0.2) is 41.8 Å². The van der Waals surface area contributed by atoms with Crippen LogP contribution in [0.3, 0.4) is 0 Å². The van der Waals surface area contributed by atoms with Gasteiger partial charge in [0.1, 0.15) is 6.29 Å². The number of carbonyl (C=O) groups is 1. The Kier molecular flexibility index (Phi) is 2.84. The molecular weight excluding hydrogens is 156 g/mol. The lowest BCUT2D eigenvalue weighted by atomic mass is 10.5. The highest BCUT2D eigenvalue weighted by Crippen LogP contribution is 1.76. The standard InChI is InChI=1S/C8H8N2O2/c11-7-1-4-9-8-2-5-10(12)6-3-8/h1-7,12H/b4-1-. The maximum Gasteiger partial charge on any atom is 0.144 e. The Bertz CT molecular complexity index is 332. The second-order valence-corrected chi connectivity index (χ2v) is 2.04. The molecule has 0 aliphatic rings. The van der Waals surface area contributed by atoms with Crippen LogP contribution in [0.1, 0.15) is 0 Å². The van der Waals surface area contributed by atoms with Crippen molar-refractivity contribution in [1.29, 1.82) is 0 Å². The first-order chi connectivity index (χ1) is 5.83. The van der Waals surface area contributed by atoms with E-state index in [0.29, 0.717) is 11.6 Å². The van der Waals surface area contributed by atoms with Crippen molar-refractivity contribution >= 4 is 6.29 Å². The van der Waals surface area contributed by atoms with Crippen molar-refractivity contribution in [3.8, 4) is 0 Å². The van der Waals surface area contributed by atoms with E-state index in [1.165, 1.54) is 24.7 Å². The summed E-state index contributed by atoms with van der Waals surface area (Å²) in [5, 5.41) is 9.51. The van der Waals surface area contributed by atoms with E-state index in [9.17, 15) is 4.79 Å². The van der Waals surface area contributed by atoms with Gasteiger partial charge >= 0.3 is 0 Å². The van der Waals surface area contributed by atoms with Crippen molar-refractivity contribution in [1.82, 2.24) is 4.73 Å². The van der Waals surface area contributed by atoms with Gasteiger partial charge in [-0.25, -0.2) is 4.73 Å². The van der Waals surface area contributed by atoms with Gasteiger partial charge in [-0.2, -0.15) is 0 Å². The lowest BCUT2D eigenvalue weighted by molar-refractivity contribution is -0.104. The summed E-state index contributed by atoms with van der Waals surface area (Å²) in [7, 11) is 0. The first-order valence-electron chi connectivity index (χ1n) is 3.34. The molecule has 1 heterocycles. The average molecular weight is 164 g/mol. The van der Waals surface area contributed by atoms with Crippen molar-refractivity contribution < 1.29 is 10.0 Å². The molecule has 0 aromatic carbocycles. The third-order valence-electron chi connectivity index (χ3n) is 1.18. The Labute approximate surface area is 69.1 Å². The number of rotatable bonds is 2. The van der Waals surface area contributed by atoms with E-state index < -0.39 is 0 Å².